The number of nitrogens with one attached hydrogen (secondary N) is 1. The van der Waals surface area contributed by atoms with E-state index in [1.165, 1.54) is 0 Å². The minimum atomic E-state index is -0.469. The highest BCUT2D eigenvalue weighted by atomic mass is 16.5. The molecule has 3 aromatic rings. The Kier molecular flexibility index (Phi) is 6.74. The smallest absolute Gasteiger partial charge is 0.339 e. The van der Waals surface area contributed by atoms with E-state index in [0.717, 1.165) is 16.5 Å². The first-order valence-electron chi connectivity index (χ1n) is 9.89. The first kappa shape index (κ1) is 22.1. The zero-order valence-corrected chi connectivity index (χ0v) is 18.0. The molecular weight excluding hydrogens is 398 g/mol. The molecule has 3 rings (SSSR count). The van der Waals surface area contributed by atoms with Crippen molar-refractivity contribution in [2.24, 2.45) is 0 Å². The highest BCUT2D eigenvalue weighted by molar-refractivity contribution is 5.99. The van der Waals surface area contributed by atoms with E-state index in [9.17, 15) is 14.4 Å². The van der Waals surface area contributed by atoms with Crippen molar-refractivity contribution in [3.05, 3.63) is 69.1 Å². The average molecular weight is 423 g/mol. The van der Waals surface area contributed by atoms with Crippen LogP contribution in [0.3, 0.4) is 0 Å². The maximum Gasteiger partial charge on any atom is 0.339 e. The fourth-order valence-electron chi connectivity index (χ4n) is 3.47. The number of carbonyl (C=O) groups excluding carboxylic acids is 2. The van der Waals surface area contributed by atoms with Crippen LogP contribution in [0.2, 0.25) is 0 Å². The fourth-order valence-corrected chi connectivity index (χ4v) is 3.47. The van der Waals surface area contributed by atoms with Crippen LogP contribution in [0.15, 0.2) is 45.6 Å². The zero-order valence-electron chi connectivity index (χ0n) is 18.0. The summed E-state index contributed by atoms with van der Waals surface area (Å²) in [6.07, 6.45) is 0.292. The van der Waals surface area contributed by atoms with Crippen molar-refractivity contribution in [1.82, 2.24) is 5.32 Å². The lowest BCUT2D eigenvalue weighted by molar-refractivity contribution is -0.120. The van der Waals surface area contributed by atoms with Gasteiger partial charge in [0.1, 0.15) is 17.1 Å². The molecule has 0 aliphatic carbocycles. The number of amides is 1. The van der Waals surface area contributed by atoms with Crippen molar-refractivity contribution in [3.63, 3.8) is 0 Å². The van der Waals surface area contributed by atoms with E-state index < -0.39 is 5.63 Å². The first-order chi connectivity index (χ1) is 14.8. The van der Waals surface area contributed by atoms with Crippen molar-refractivity contribution in [3.8, 4) is 11.5 Å². The number of hydrogen-bond acceptors (Lipinski definition) is 6. The van der Waals surface area contributed by atoms with Crippen molar-refractivity contribution in [2.45, 2.75) is 26.7 Å². The lowest BCUT2D eigenvalue weighted by atomic mass is 10.00. The molecule has 1 amide bonds. The molecule has 2 aromatic carbocycles. The summed E-state index contributed by atoms with van der Waals surface area (Å²) in [5.41, 5.74) is 2.48. The molecule has 0 fully saturated rings. The van der Waals surface area contributed by atoms with Crippen molar-refractivity contribution in [1.29, 1.82) is 0 Å². The molecule has 0 atom stereocenters. The first-order valence-corrected chi connectivity index (χ1v) is 9.89. The Morgan fingerprint density at radius 2 is 1.68 bits per heavy atom. The molecule has 162 valence electrons. The molecule has 0 spiro atoms. The molecule has 1 aromatic heterocycles. The molecule has 7 nitrogen and oxygen atoms in total. The van der Waals surface area contributed by atoms with Gasteiger partial charge >= 0.3 is 5.63 Å². The maximum atomic E-state index is 12.5. The van der Waals surface area contributed by atoms with Gasteiger partial charge in [0.05, 0.1) is 20.8 Å². The molecular formula is C24H25NO6. The molecule has 1 heterocycles. The van der Waals surface area contributed by atoms with Gasteiger partial charge in [-0.05, 0) is 62.2 Å². The number of benzene rings is 2. The lowest BCUT2D eigenvalue weighted by Crippen LogP contribution is -2.30. The van der Waals surface area contributed by atoms with E-state index in [4.69, 9.17) is 13.9 Å². The number of fused-ring (bicyclic) bond motifs is 1. The maximum absolute atomic E-state index is 12.5. The Hall–Kier alpha value is -3.61. The van der Waals surface area contributed by atoms with Gasteiger partial charge in [-0.3, -0.25) is 9.59 Å². The van der Waals surface area contributed by atoms with Crippen LogP contribution in [0.25, 0.3) is 11.0 Å². The second-order valence-electron chi connectivity index (χ2n) is 7.19. The Balaban J connectivity index is 1.65. The summed E-state index contributed by atoms with van der Waals surface area (Å²) in [4.78, 5) is 37.0. The van der Waals surface area contributed by atoms with E-state index in [1.54, 1.807) is 38.5 Å². The standard InChI is InChI=1S/C24H25NO6/c1-14-18-9-11-21(30-4)15(2)23(18)31-24(28)19(14)10-12-22(27)25-13-20(26)16-5-7-17(29-3)8-6-16/h5-9,11H,10,12-13H2,1-4H3,(H,25,27). The third-order valence-corrected chi connectivity index (χ3v) is 5.33. The molecule has 0 saturated heterocycles. The summed E-state index contributed by atoms with van der Waals surface area (Å²) in [7, 11) is 3.11. The summed E-state index contributed by atoms with van der Waals surface area (Å²) in [5, 5.41) is 3.42. The second-order valence-corrected chi connectivity index (χ2v) is 7.19. The molecule has 0 bridgehead atoms. The highest BCUT2D eigenvalue weighted by Crippen LogP contribution is 2.29. The molecule has 7 heteroatoms. The molecule has 0 saturated carbocycles. The average Bonchev–Trinajstić information content (AvgIpc) is 2.78. The number of hydrogen-bond donors (Lipinski definition) is 1. The normalized spacial score (nSPS) is 10.7. The van der Waals surface area contributed by atoms with Crippen LogP contribution in [-0.2, 0) is 11.2 Å². The molecule has 0 aliphatic rings. The Morgan fingerprint density at radius 3 is 2.32 bits per heavy atom. The van der Waals surface area contributed by atoms with Crippen LogP contribution in [0.1, 0.15) is 33.5 Å². The van der Waals surface area contributed by atoms with E-state index in [0.29, 0.717) is 28.2 Å². The van der Waals surface area contributed by atoms with Gasteiger partial charge in [-0.2, -0.15) is 0 Å². The predicted octanol–water partition coefficient (Wildman–Crippen LogP) is 3.36. The number of Topliss-reactive ketones (excluding diaryl/α,β-unsaturated/α-hetero) is 1. The van der Waals surface area contributed by atoms with E-state index in [-0.39, 0.29) is 31.1 Å². The second kappa shape index (κ2) is 9.47. The number of ether oxygens (including phenoxy) is 2. The number of methoxy groups -OCH3 is 2. The molecule has 0 unspecified atom stereocenters. The van der Waals surface area contributed by atoms with Crippen LogP contribution >= 0.6 is 0 Å². The lowest BCUT2D eigenvalue weighted by Gasteiger charge is -2.11. The van der Waals surface area contributed by atoms with Gasteiger partial charge < -0.3 is 19.2 Å². The van der Waals surface area contributed by atoms with E-state index in [2.05, 4.69) is 5.32 Å². The quantitative estimate of drug-likeness (QED) is 0.441. The Bertz CT molecular complexity index is 1180. The van der Waals surface area contributed by atoms with Gasteiger partial charge in [-0.1, -0.05) is 0 Å². The van der Waals surface area contributed by atoms with Crippen LogP contribution in [-0.4, -0.2) is 32.5 Å². The van der Waals surface area contributed by atoms with Crippen LogP contribution in [0.5, 0.6) is 11.5 Å². The van der Waals surface area contributed by atoms with Crippen LogP contribution in [0, 0.1) is 13.8 Å². The highest BCUT2D eigenvalue weighted by Gasteiger charge is 2.16. The Morgan fingerprint density at radius 1 is 0.968 bits per heavy atom. The minimum absolute atomic E-state index is 0.0716. The van der Waals surface area contributed by atoms with Gasteiger partial charge in [-0.15, -0.1) is 0 Å². The van der Waals surface area contributed by atoms with Crippen LogP contribution in [0.4, 0.5) is 0 Å². The summed E-state index contributed by atoms with van der Waals surface area (Å²) in [5.74, 6) is 0.774. The minimum Gasteiger partial charge on any atom is -0.497 e. The van der Waals surface area contributed by atoms with Gasteiger partial charge in [-0.25, -0.2) is 4.79 Å². The van der Waals surface area contributed by atoms with Crippen LogP contribution < -0.4 is 20.4 Å². The van der Waals surface area contributed by atoms with Crippen molar-refractivity contribution in [2.75, 3.05) is 20.8 Å². The third kappa shape index (κ3) is 4.77. The summed E-state index contributed by atoms with van der Waals surface area (Å²) < 4.78 is 15.9. The zero-order chi connectivity index (χ0) is 22.5. The summed E-state index contributed by atoms with van der Waals surface area (Å²) in [6, 6.07) is 10.3. The summed E-state index contributed by atoms with van der Waals surface area (Å²) >= 11 is 0. The van der Waals surface area contributed by atoms with Gasteiger partial charge in [0, 0.05) is 28.5 Å². The third-order valence-electron chi connectivity index (χ3n) is 5.33. The van der Waals surface area contributed by atoms with Gasteiger partial charge in [0.2, 0.25) is 5.91 Å². The molecule has 1 N–H and O–H groups in total. The number of rotatable bonds is 8. The number of carbonyl (C=O) groups is 2. The fraction of sp³-hybridized carbons (Fsp3) is 0.292. The topological polar surface area (TPSA) is 94.8 Å². The van der Waals surface area contributed by atoms with E-state index >= 15 is 0 Å². The largest absolute Gasteiger partial charge is 0.497 e. The van der Waals surface area contributed by atoms with Gasteiger partial charge in [0.15, 0.2) is 5.78 Å². The van der Waals surface area contributed by atoms with E-state index in [1.807, 2.05) is 26.0 Å². The number of ketones is 1. The van der Waals surface area contributed by atoms with Gasteiger partial charge in [0.25, 0.3) is 0 Å². The summed E-state index contributed by atoms with van der Waals surface area (Å²) in [6.45, 7) is 3.55. The Labute approximate surface area is 180 Å². The SMILES string of the molecule is COc1ccc(C(=O)CNC(=O)CCc2c(C)c3ccc(OC)c(C)c3oc2=O)cc1. The number of aryl methyl sites for hydroxylation is 2. The van der Waals surface area contributed by atoms with Crippen molar-refractivity contribution < 1.29 is 23.5 Å². The monoisotopic (exact) mass is 423 g/mol. The molecule has 0 radical (unpaired) electrons. The molecule has 31 heavy (non-hydrogen) atoms. The molecule has 0 aliphatic heterocycles. The van der Waals surface area contributed by atoms with Crippen molar-refractivity contribution >= 4 is 22.7 Å². The predicted molar refractivity (Wildman–Crippen MR) is 117 cm³/mol.